The third-order valence-electron chi connectivity index (χ3n) is 2.91. The molecule has 6 heteroatoms. The lowest BCUT2D eigenvalue weighted by molar-refractivity contribution is 0.725. The molecule has 0 fully saturated rings. The van der Waals surface area contributed by atoms with E-state index < -0.39 is 0 Å². The first-order valence-electron chi connectivity index (χ1n) is 6.25. The van der Waals surface area contributed by atoms with Gasteiger partial charge in [-0.05, 0) is 13.3 Å². The maximum atomic E-state index is 5.87. The van der Waals surface area contributed by atoms with Gasteiger partial charge >= 0.3 is 0 Å². The van der Waals surface area contributed by atoms with Gasteiger partial charge < -0.3 is 4.90 Å². The second-order valence-electron chi connectivity index (χ2n) is 4.22. The minimum absolute atomic E-state index is 0.583. The van der Waals surface area contributed by atoms with Crippen LogP contribution in [0.2, 0.25) is 0 Å². The van der Waals surface area contributed by atoms with Crippen molar-refractivity contribution < 1.29 is 0 Å². The Hall–Kier alpha value is -1.36. The summed E-state index contributed by atoms with van der Waals surface area (Å²) in [5.74, 6) is 2.32. The van der Waals surface area contributed by atoms with Crippen LogP contribution in [0.5, 0.6) is 0 Å². The third kappa shape index (κ3) is 2.56. The van der Waals surface area contributed by atoms with Crippen LogP contribution in [0.1, 0.15) is 25.6 Å². The molecule has 0 amide bonds. The Kier molecular flexibility index (Phi) is 4.36. The van der Waals surface area contributed by atoms with Crippen molar-refractivity contribution in [3.05, 3.63) is 18.2 Å². The number of rotatable bonds is 6. The highest BCUT2D eigenvalue weighted by Gasteiger charge is 2.14. The van der Waals surface area contributed by atoms with E-state index in [-0.39, 0.29) is 0 Å². The molecule has 0 aromatic carbocycles. The molecule has 0 aliphatic heterocycles. The number of fused-ring (bicyclic) bond motifs is 1. The largest absolute Gasteiger partial charge is 0.352 e. The van der Waals surface area contributed by atoms with Crippen LogP contribution >= 0.6 is 11.6 Å². The average molecular weight is 268 g/mol. The number of anilines is 1. The van der Waals surface area contributed by atoms with E-state index in [0.717, 1.165) is 43.2 Å². The normalized spacial score (nSPS) is 11.1. The molecule has 0 radical (unpaired) electrons. The number of alkyl halides is 1. The molecule has 2 aromatic heterocycles. The SMILES string of the molecule is CCCCN(CCCl)c1nccn2c(C)nnc12. The molecular weight excluding hydrogens is 250 g/mol. The monoisotopic (exact) mass is 267 g/mol. The zero-order chi connectivity index (χ0) is 13.0. The minimum Gasteiger partial charge on any atom is -0.352 e. The molecule has 5 nitrogen and oxygen atoms in total. The molecule has 98 valence electrons. The fourth-order valence-electron chi connectivity index (χ4n) is 1.93. The summed E-state index contributed by atoms with van der Waals surface area (Å²) in [5, 5.41) is 8.29. The lowest BCUT2D eigenvalue weighted by atomic mass is 10.3. The van der Waals surface area contributed by atoms with Crippen LogP contribution in [-0.2, 0) is 0 Å². The average Bonchev–Trinajstić information content (AvgIpc) is 2.77. The highest BCUT2D eigenvalue weighted by Crippen LogP contribution is 2.18. The van der Waals surface area contributed by atoms with Crippen LogP contribution in [0.4, 0.5) is 5.82 Å². The van der Waals surface area contributed by atoms with Crippen molar-refractivity contribution in [2.24, 2.45) is 0 Å². The smallest absolute Gasteiger partial charge is 0.203 e. The summed E-state index contributed by atoms with van der Waals surface area (Å²) < 4.78 is 1.95. The Bertz CT molecular complexity index is 510. The molecule has 2 heterocycles. The maximum absolute atomic E-state index is 5.87. The first-order valence-corrected chi connectivity index (χ1v) is 6.78. The highest BCUT2D eigenvalue weighted by molar-refractivity contribution is 6.18. The molecule has 2 aromatic rings. The molecule has 0 aliphatic carbocycles. The van der Waals surface area contributed by atoms with E-state index in [1.807, 2.05) is 17.5 Å². The fourth-order valence-corrected chi connectivity index (χ4v) is 2.13. The van der Waals surface area contributed by atoms with Gasteiger partial charge in [-0.15, -0.1) is 21.8 Å². The molecule has 0 saturated carbocycles. The second-order valence-corrected chi connectivity index (χ2v) is 4.60. The van der Waals surface area contributed by atoms with Gasteiger partial charge in [-0.1, -0.05) is 13.3 Å². The van der Waals surface area contributed by atoms with Crippen LogP contribution in [0.25, 0.3) is 5.65 Å². The van der Waals surface area contributed by atoms with Crippen molar-refractivity contribution in [3.63, 3.8) is 0 Å². The Balaban J connectivity index is 2.36. The number of aryl methyl sites for hydroxylation is 1. The molecule has 0 saturated heterocycles. The van der Waals surface area contributed by atoms with Crippen molar-refractivity contribution in [1.29, 1.82) is 0 Å². The summed E-state index contributed by atoms with van der Waals surface area (Å²) in [4.78, 5) is 6.62. The van der Waals surface area contributed by atoms with Crippen LogP contribution in [0.3, 0.4) is 0 Å². The fraction of sp³-hybridized carbons (Fsp3) is 0.583. The lowest BCUT2D eigenvalue weighted by Gasteiger charge is -2.22. The molecule has 0 N–H and O–H groups in total. The van der Waals surface area contributed by atoms with Crippen LogP contribution in [0.15, 0.2) is 12.4 Å². The Labute approximate surface area is 112 Å². The quantitative estimate of drug-likeness (QED) is 0.754. The predicted octanol–water partition coefficient (Wildman–Crippen LogP) is 2.28. The van der Waals surface area contributed by atoms with Gasteiger partial charge in [-0.25, -0.2) is 4.98 Å². The molecular formula is C12H18ClN5. The minimum atomic E-state index is 0.583. The van der Waals surface area contributed by atoms with Crippen molar-refractivity contribution in [3.8, 4) is 0 Å². The van der Waals surface area contributed by atoms with Gasteiger partial charge in [0.05, 0.1) is 0 Å². The Morgan fingerprint density at radius 2 is 2.17 bits per heavy atom. The molecule has 0 bridgehead atoms. The van der Waals surface area contributed by atoms with E-state index in [2.05, 4.69) is 27.0 Å². The summed E-state index contributed by atoms with van der Waals surface area (Å²) in [6.07, 6.45) is 5.93. The van der Waals surface area contributed by atoms with Gasteiger partial charge in [0.25, 0.3) is 0 Å². The summed E-state index contributed by atoms with van der Waals surface area (Å²) >= 11 is 5.87. The maximum Gasteiger partial charge on any atom is 0.203 e. The van der Waals surface area contributed by atoms with E-state index in [1.54, 1.807) is 6.20 Å². The van der Waals surface area contributed by atoms with E-state index >= 15 is 0 Å². The van der Waals surface area contributed by atoms with E-state index in [1.165, 1.54) is 0 Å². The first kappa shape index (κ1) is 13.1. The van der Waals surface area contributed by atoms with Gasteiger partial charge in [-0.3, -0.25) is 4.40 Å². The molecule has 0 aliphatic rings. The van der Waals surface area contributed by atoms with Gasteiger partial charge in [0.2, 0.25) is 5.65 Å². The van der Waals surface area contributed by atoms with Gasteiger partial charge in [-0.2, -0.15) is 0 Å². The standard InChI is InChI=1S/C12H18ClN5/c1-3-4-7-17(8-5-13)11-12-16-15-10(2)18(12)9-6-14-11/h6,9H,3-5,7-8H2,1-2H3. The van der Waals surface area contributed by atoms with Crippen molar-refractivity contribution in [2.45, 2.75) is 26.7 Å². The zero-order valence-corrected chi connectivity index (χ0v) is 11.6. The number of unbranched alkanes of at least 4 members (excludes halogenated alkanes) is 1. The van der Waals surface area contributed by atoms with Gasteiger partial charge in [0.1, 0.15) is 5.82 Å². The topological polar surface area (TPSA) is 46.3 Å². The molecule has 2 rings (SSSR count). The first-order chi connectivity index (χ1) is 8.77. The number of aromatic nitrogens is 4. The van der Waals surface area contributed by atoms with E-state index in [4.69, 9.17) is 11.6 Å². The number of hydrogen-bond acceptors (Lipinski definition) is 4. The second kappa shape index (κ2) is 6.00. The predicted molar refractivity (Wildman–Crippen MR) is 73.4 cm³/mol. The van der Waals surface area contributed by atoms with Crippen LogP contribution < -0.4 is 4.90 Å². The van der Waals surface area contributed by atoms with Crippen molar-refractivity contribution >= 4 is 23.1 Å². The van der Waals surface area contributed by atoms with Crippen LogP contribution in [0, 0.1) is 6.92 Å². The molecule has 18 heavy (non-hydrogen) atoms. The summed E-state index contributed by atoms with van der Waals surface area (Å²) in [6, 6.07) is 0. The van der Waals surface area contributed by atoms with Crippen molar-refractivity contribution in [1.82, 2.24) is 19.6 Å². The van der Waals surface area contributed by atoms with E-state index in [0.29, 0.717) is 5.88 Å². The number of halogens is 1. The molecule has 0 unspecified atom stereocenters. The summed E-state index contributed by atoms with van der Waals surface area (Å²) in [6.45, 7) is 5.83. The number of hydrogen-bond donors (Lipinski definition) is 0. The molecule has 0 atom stereocenters. The van der Waals surface area contributed by atoms with Crippen molar-refractivity contribution in [2.75, 3.05) is 23.9 Å². The molecule has 0 spiro atoms. The van der Waals surface area contributed by atoms with Gasteiger partial charge in [0, 0.05) is 31.4 Å². The Morgan fingerprint density at radius 3 is 2.89 bits per heavy atom. The van der Waals surface area contributed by atoms with Crippen LogP contribution in [-0.4, -0.2) is 38.6 Å². The van der Waals surface area contributed by atoms with Gasteiger partial charge in [0.15, 0.2) is 5.82 Å². The van der Waals surface area contributed by atoms with E-state index in [9.17, 15) is 0 Å². The summed E-state index contributed by atoms with van der Waals surface area (Å²) in [5.41, 5.74) is 0.802. The summed E-state index contributed by atoms with van der Waals surface area (Å²) in [7, 11) is 0. The highest BCUT2D eigenvalue weighted by atomic mass is 35.5. The lowest BCUT2D eigenvalue weighted by Crippen LogP contribution is -2.28. The number of nitrogens with zero attached hydrogens (tertiary/aromatic N) is 5. The third-order valence-corrected chi connectivity index (χ3v) is 3.08. The zero-order valence-electron chi connectivity index (χ0n) is 10.8. The Morgan fingerprint density at radius 1 is 1.33 bits per heavy atom.